The van der Waals surface area contributed by atoms with Crippen LogP contribution in [0.2, 0.25) is 0 Å². The first-order valence-corrected chi connectivity index (χ1v) is 5.98. The van der Waals surface area contributed by atoms with E-state index in [0.29, 0.717) is 5.56 Å². The van der Waals surface area contributed by atoms with Crippen molar-refractivity contribution in [2.75, 3.05) is 7.11 Å². The molecule has 0 spiro atoms. The van der Waals surface area contributed by atoms with E-state index < -0.39 is 4.92 Å². The lowest BCUT2D eigenvalue weighted by atomic mass is 9.94. The van der Waals surface area contributed by atoms with Crippen molar-refractivity contribution >= 4 is 11.3 Å². The van der Waals surface area contributed by atoms with Crippen molar-refractivity contribution in [3.8, 4) is 11.8 Å². The molecule has 1 aliphatic rings. The van der Waals surface area contributed by atoms with Crippen LogP contribution in [0.15, 0.2) is 18.2 Å². The number of ether oxygens (including phenoxy) is 1. The van der Waals surface area contributed by atoms with E-state index in [2.05, 4.69) is 0 Å². The van der Waals surface area contributed by atoms with Crippen molar-refractivity contribution < 1.29 is 9.66 Å². The largest absolute Gasteiger partial charge is 0.490 e. The molecule has 0 saturated carbocycles. The van der Waals surface area contributed by atoms with Crippen LogP contribution in [-0.4, -0.2) is 12.0 Å². The average molecular weight is 258 g/mol. The molecule has 0 bridgehead atoms. The zero-order valence-corrected chi connectivity index (χ0v) is 11.0. The summed E-state index contributed by atoms with van der Waals surface area (Å²) >= 11 is 0. The molecule has 0 N–H and O–H groups in total. The Labute approximate surface area is 111 Å². The predicted molar refractivity (Wildman–Crippen MR) is 70.8 cm³/mol. The lowest BCUT2D eigenvalue weighted by Gasteiger charge is -2.09. The Morgan fingerprint density at radius 1 is 1.42 bits per heavy atom. The van der Waals surface area contributed by atoms with E-state index in [-0.39, 0.29) is 23.3 Å². The normalized spacial score (nSPS) is 22.9. The monoisotopic (exact) mass is 258 g/mol. The number of methoxy groups -OCH3 is 1. The van der Waals surface area contributed by atoms with E-state index in [1.807, 2.05) is 26.0 Å². The molecule has 2 rings (SSSR count). The number of nitriles is 1. The molecular weight excluding hydrogens is 244 g/mol. The summed E-state index contributed by atoms with van der Waals surface area (Å²) in [6.07, 6.45) is 1.40. The number of benzene rings is 1. The third-order valence-corrected chi connectivity index (χ3v) is 3.82. The first-order valence-electron chi connectivity index (χ1n) is 5.98. The molecule has 0 fully saturated rings. The van der Waals surface area contributed by atoms with E-state index in [1.54, 1.807) is 6.07 Å². The highest BCUT2D eigenvalue weighted by Gasteiger charge is 2.38. The molecule has 5 nitrogen and oxygen atoms in total. The number of nitro benzene ring substituents is 1. The summed E-state index contributed by atoms with van der Waals surface area (Å²) in [6.45, 7) is 3.99. The Hall–Kier alpha value is -2.35. The van der Waals surface area contributed by atoms with Crippen molar-refractivity contribution in [1.29, 1.82) is 5.26 Å². The van der Waals surface area contributed by atoms with E-state index in [1.165, 1.54) is 13.2 Å². The number of nitrogens with zero attached hydrogens (tertiary/aromatic N) is 2. The van der Waals surface area contributed by atoms with Gasteiger partial charge in [0, 0.05) is 6.08 Å². The minimum atomic E-state index is -0.437. The van der Waals surface area contributed by atoms with Crippen molar-refractivity contribution in [3.63, 3.8) is 0 Å². The maximum Gasteiger partial charge on any atom is 0.318 e. The summed E-state index contributed by atoms with van der Waals surface area (Å²) in [7, 11) is 1.41. The number of rotatable bonds is 2. The Kier molecular flexibility index (Phi) is 3.26. The minimum Gasteiger partial charge on any atom is -0.490 e. The van der Waals surface area contributed by atoms with Crippen LogP contribution in [0.4, 0.5) is 5.69 Å². The third-order valence-electron chi connectivity index (χ3n) is 3.82. The van der Waals surface area contributed by atoms with Gasteiger partial charge in [0.05, 0.1) is 23.7 Å². The van der Waals surface area contributed by atoms with Gasteiger partial charge in [-0.3, -0.25) is 10.1 Å². The van der Waals surface area contributed by atoms with Gasteiger partial charge in [-0.2, -0.15) is 5.26 Å². The van der Waals surface area contributed by atoms with Crippen LogP contribution < -0.4 is 4.74 Å². The Morgan fingerprint density at radius 2 is 2.11 bits per heavy atom. The van der Waals surface area contributed by atoms with Gasteiger partial charge >= 0.3 is 5.69 Å². The van der Waals surface area contributed by atoms with Gasteiger partial charge in [0.15, 0.2) is 5.75 Å². The fourth-order valence-corrected chi connectivity index (χ4v) is 2.66. The summed E-state index contributed by atoms with van der Waals surface area (Å²) in [5, 5.41) is 20.2. The van der Waals surface area contributed by atoms with E-state index in [9.17, 15) is 10.1 Å². The second-order valence-electron chi connectivity index (χ2n) is 4.64. The Balaban J connectivity index is 2.81. The highest BCUT2D eigenvalue weighted by Crippen LogP contribution is 2.51. The first-order chi connectivity index (χ1) is 9.02. The molecule has 1 aromatic carbocycles. The molecule has 0 radical (unpaired) electrons. The number of hydrogen-bond acceptors (Lipinski definition) is 4. The minimum absolute atomic E-state index is 0.0438. The number of hydrogen-bond donors (Lipinski definition) is 0. The van der Waals surface area contributed by atoms with Gasteiger partial charge in [-0.1, -0.05) is 19.9 Å². The maximum atomic E-state index is 11.3. The smallest absolute Gasteiger partial charge is 0.318 e. The van der Waals surface area contributed by atoms with Crippen LogP contribution in [0, 0.1) is 27.4 Å². The molecule has 2 atom stereocenters. The van der Waals surface area contributed by atoms with Crippen molar-refractivity contribution in [2.45, 2.75) is 19.8 Å². The van der Waals surface area contributed by atoms with E-state index in [0.717, 1.165) is 11.1 Å². The zero-order chi connectivity index (χ0) is 14.2. The summed E-state index contributed by atoms with van der Waals surface area (Å²) in [6, 6.07) is 5.45. The molecular formula is C14H14N2O3. The SMILES string of the molecule is COc1ccc2c(c1[N+](=O)[O-])/C(=C/C#N)C(C)C2C. The topological polar surface area (TPSA) is 76.2 Å². The molecule has 19 heavy (non-hydrogen) atoms. The van der Waals surface area contributed by atoms with Gasteiger partial charge < -0.3 is 4.74 Å². The second kappa shape index (κ2) is 4.73. The highest BCUT2D eigenvalue weighted by molar-refractivity contribution is 5.85. The Morgan fingerprint density at radius 3 is 2.63 bits per heavy atom. The van der Waals surface area contributed by atoms with Crippen molar-refractivity contribution in [3.05, 3.63) is 39.4 Å². The maximum absolute atomic E-state index is 11.3. The van der Waals surface area contributed by atoms with E-state index >= 15 is 0 Å². The highest BCUT2D eigenvalue weighted by atomic mass is 16.6. The van der Waals surface area contributed by atoms with Gasteiger partial charge in [0.2, 0.25) is 0 Å². The molecule has 1 aliphatic carbocycles. The van der Waals surface area contributed by atoms with Crippen LogP contribution in [0.1, 0.15) is 30.9 Å². The zero-order valence-electron chi connectivity index (χ0n) is 11.0. The van der Waals surface area contributed by atoms with Crippen LogP contribution >= 0.6 is 0 Å². The predicted octanol–water partition coefficient (Wildman–Crippen LogP) is 3.26. The Bertz CT molecular complexity index is 614. The summed E-state index contributed by atoms with van der Waals surface area (Å²) in [5.41, 5.74) is 2.13. The van der Waals surface area contributed by atoms with Crippen LogP contribution in [0.5, 0.6) is 5.75 Å². The lowest BCUT2D eigenvalue weighted by Crippen LogP contribution is -1.99. The van der Waals surface area contributed by atoms with Gasteiger partial charge in [-0.05, 0) is 29.0 Å². The fourth-order valence-electron chi connectivity index (χ4n) is 2.66. The second-order valence-corrected chi connectivity index (χ2v) is 4.64. The third kappa shape index (κ3) is 1.85. The number of nitro groups is 1. The number of fused-ring (bicyclic) bond motifs is 1. The van der Waals surface area contributed by atoms with E-state index in [4.69, 9.17) is 10.00 Å². The quantitative estimate of drug-likeness (QED) is 0.463. The average Bonchev–Trinajstić information content (AvgIpc) is 2.63. The number of allylic oxidation sites excluding steroid dienone is 2. The fraction of sp³-hybridized carbons (Fsp3) is 0.357. The first kappa shape index (κ1) is 13.1. The summed E-state index contributed by atoms with van der Waals surface area (Å²) < 4.78 is 5.08. The summed E-state index contributed by atoms with van der Waals surface area (Å²) in [5.74, 6) is 0.466. The molecule has 1 aromatic rings. The lowest BCUT2D eigenvalue weighted by molar-refractivity contribution is -0.386. The standard InChI is InChI=1S/C14H14N2O3/c1-8-9(2)11(6-7-15)13-10(8)4-5-12(19-3)14(13)16(17)18/h4-6,8-9H,1-3H3/b11-6+. The van der Waals surface area contributed by atoms with Gasteiger partial charge in [-0.15, -0.1) is 0 Å². The molecule has 0 aromatic heterocycles. The van der Waals surface area contributed by atoms with Crippen molar-refractivity contribution in [1.82, 2.24) is 0 Å². The molecule has 2 unspecified atom stereocenters. The van der Waals surface area contributed by atoms with Gasteiger partial charge in [-0.25, -0.2) is 0 Å². The van der Waals surface area contributed by atoms with Crippen molar-refractivity contribution in [2.24, 2.45) is 5.92 Å². The molecule has 0 amide bonds. The van der Waals surface area contributed by atoms with Crippen LogP contribution in [0.25, 0.3) is 5.57 Å². The van der Waals surface area contributed by atoms with Crippen LogP contribution in [-0.2, 0) is 0 Å². The molecule has 5 heteroatoms. The molecule has 0 aliphatic heterocycles. The van der Waals surface area contributed by atoms with Gasteiger partial charge in [0.1, 0.15) is 0 Å². The summed E-state index contributed by atoms with van der Waals surface area (Å²) in [4.78, 5) is 10.9. The molecule has 0 heterocycles. The van der Waals surface area contributed by atoms with Gasteiger partial charge in [0.25, 0.3) is 0 Å². The molecule has 0 saturated heterocycles. The van der Waals surface area contributed by atoms with Crippen LogP contribution in [0.3, 0.4) is 0 Å². The molecule has 98 valence electrons.